The number of hydrogen-bond acceptors (Lipinski definition) is 1. The van der Waals surface area contributed by atoms with Crippen LogP contribution in [0.1, 0.15) is 6.92 Å². The largest absolute Gasteiger partial charge is 0.417 e. The summed E-state index contributed by atoms with van der Waals surface area (Å²) in [6, 6.07) is 8.94. The number of hydrogen-bond donors (Lipinski definition) is 1. The van der Waals surface area contributed by atoms with Crippen LogP contribution in [0.5, 0.6) is 0 Å². The quantitative estimate of drug-likeness (QED) is 0.645. The molecule has 0 aromatic heterocycles. The summed E-state index contributed by atoms with van der Waals surface area (Å²) in [5.74, 6) is 0. The molecule has 6 heteroatoms. The molecule has 1 rings (SSSR count). The summed E-state index contributed by atoms with van der Waals surface area (Å²) in [5.41, 5.74) is -3.64. The van der Waals surface area contributed by atoms with Gasteiger partial charge in [0.2, 0.25) is 0 Å². The molecule has 0 aliphatic rings. The van der Waals surface area contributed by atoms with Gasteiger partial charge in [-0.2, -0.15) is 13.2 Å². The smallest absolute Gasteiger partial charge is 0.380 e. The van der Waals surface area contributed by atoms with E-state index in [1.807, 2.05) is 28.1 Å². The van der Waals surface area contributed by atoms with Crippen molar-refractivity contribution in [3.63, 3.8) is 0 Å². The molecule has 0 spiro atoms. The van der Waals surface area contributed by atoms with Crippen molar-refractivity contribution in [2.75, 3.05) is 6.16 Å². The Bertz CT molecular complexity index is 340. The van der Waals surface area contributed by atoms with Crippen LogP contribution in [0.25, 0.3) is 0 Å². The van der Waals surface area contributed by atoms with E-state index in [1.54, 1.807) is 24.3 Å². The zero-order chi connectivity index (χ0) is 12.4. The highest BCUT2D eigenvalue weighted by Crippen LogP contribution is 2.49. The van der Waals surface area contributed by atoms with Crippen LogP contribution in [-0.4, -0.2) is 23.0 Å². The minimum absolute atomic E-state index is 0.281. The summed E-state index contributed by atoms with van der Waals surface area (Å²) >= 11 is 1.98. The van der Waals surface area contributed by atoms with Crippen molar-refractivity contribution in [2.24, 2.45) is 0 Å². The van der Waals surface area contributed by atoms with Gasteiger partial charge in [-0.15, -0.1) is 0 Å². The molecule has 2 unspecified atom stereocenters. The standard InChI is InChI=1S/C10H11F3IOP/c1-9(15,10(11,12)13)7-16(14)8-5-3-2-4-6-8/h2-6,15H,7H2,1H3. The molecular formula is C10H11F3IOP. The maximum Gasteiger partial charge on any atom is 0.417 e. The van der Waals surface area contributed by atoms with E-state index in [0.29, 0.717) is 0 Å². The van der Waals surface area contributed by atoms with Gasteiger partial charge in [-0.25, -0.2) is 0 Å². The summed E-state index contributed by atoms with van der Waals surface area (Å²) in [6.45, 7) is 0.823. The lowest BCUT2D eigenvalue weighted by molar-refractivity contribution is -0.243. The van der Waals surface area contributed by atoms with Crippen molar-refractivity contribution in [3.8, 4) is 0 Å². The van der Waals surface area contributed by atoms with Crippen LogP contribution in [0, 0.1) is 0 Å². The van der Waals surface area contributed by atoms with E-state index in [4.69, 9.17) is 0 Å². The fraction of sp³-hybridized carbons (Fsp3) is 0.400. The van der Waals surface area contributed by atoms with Crippen molar-refractivity contribution in [2.45, 2.75) is 18.7 Å². The molecule has 0 aliphatic carbocycles. The van der Waals surface area contributed by atoms with E-state index >= 15 is 0 Å². The molecular weight excluding hydrogens is 351 g/mol. The molecule has 2 atom stereocenters. The normalized spacial score (nSPS) is 17.9. The van der Waals surface area contributed by atoms with Gasteiger partial charge >= 0.3 is 6.18 Å². The lowest BCUT2D eigenvalue weighted by atomic mass is 10.1. The average molecular weight is 362 g/mol. The predicted octanol–water partition coefficient (Wildman–Crippen LogP) is 3.46. The van der Waals surface area contributed by atoms with Crippen LogP contribution >= 0.6 is 27.6 Å². The van der Waals surface area contributed by atoms with E-state index in [0.717, 1.165) is 12.2 Å². The molecule has 0 heterocycles. The van der Waals surface area contributed by atoms with Crippen molar-refractivity contribution in [1.29, 1.82) is 0 Å². The Morgan fingerprint density at radius 3 is 2.19 bits per heavy atom. The average Bonchev–Trinajstić information content (AvgIpc) is 2.16. The fourth-order valence-electron chi connectivity index (χ4n) is 1.04. The molecule has 90 valence electrons. The summed E-state index contributed by atoms with van der Waals surface area (Å²) in [7, 11) is 0. The minimum Gasteiger partial charge on any atom is -0.380 e. The third-order valence-corrected chi connectivity index (χ3v) is 6.54. The van der Waals surface area contributed by atoms with Crippen molar-refractivity contribution in [1.82, 2.24) is 0 Å². The van der Waals surface area contributed by atoms with E-state index < -0.39 is 17.3 Å². The zero-order valence-corrected chi connectivity index (χ0v) is 11.6. The Labute approximate surface area is 106 Å². The van der Waals surface area contributed by atoms with Crippen molar-refractivity contribution in [3.05, 3.63) is 30.3 Å². The monoisotopic (exact) mass is 362 g/mol. The van der Waals surface area contributed by atoms with Gasteiger partial charge in [0, 0.05) is 6.16 Å². The van der Waals surface area contributed by atoms with Crippen LogP contribution in [0.15, 0.2) is 30.3 Å². The fourth-order valence-corrected chi connectivity index (χ4v) is 5.40. The first-order chi connectivity index (χ1) is 7.24. The van der Waals surface area contributed by atoms with Crippen molar-refractivity contribution >= 4 is 32.9 Å². The predicted molar refractivity (Wildman–Crippen MR) is 68.6 cm³/mol. The van der Waals surface area contributed by atoms with Gasteiger partial charge < -0.3 is 5.11 Å². The van der Waals surface area contributed by atoms with E-state index in [1.165, 1.54) is 0 Å². The Balaban J connectivity index is 2.76. The van der Waals surface area contributed by atoms with Gasteiger partial charge in [0.1, 0.15) is 0 Å². The summed E-state index contributed by atoms with van der Waals surface area (Å²) in [6.07, 6.45) is -4.86. The molecule has 0 aliphatic heterocycles. The van der Waals surface area contributed by atoms with Gasteiger partial charge in [0.25, 0.3) is 0 Å². The van der Waals surface area contributed by atoms with Gasteiger partial charge in [0.15, 0.2) is 5.60 Å². The van der Waals surface area contributed by atoms with Gasteiger partial charge in [-0.3, -0.25) is 0 Å². The van der Waals surface area contributed by atoms with E-state index in [2.05, 4.69) is 0 Å². The van der Waals surface area contributed by atoms with Crippen LogP contribution in [-0.2, 0) is 0 Å². The zero-order valence-electron chi connectivity index (χ0n) is 8.50. The van der Waals surface area contributed by atoms with Crippen LogP contribution < -0.4 is 5.30 Å². The third-order valence-electron chi connectivity index (χ3n) is 2.09. The van der Waals surface area contributed by atoms with Crippen molar-refractivity contribution < 1.29 is 18.3 Å². The third kappa shape index (κ3) is 3.57. The molecule has 1 nitrogen and oxygen atoms in total. The minimum atomic E-state index is -4.58. The van der Waals surface area contributed by atoms with Crippen LogP contribution in [0.4, 0.5) is 13.2 Å². The Hall–Kier alpha value is 0.130. The second-order valence-electron chi connectivity index (χ2n) is 3.63. The van der Waals surface area contributed by atoms with E-state index in [9.17, 15) is 18.3 Å². The first kappa shape index (κ1) is 14.2. The number of benzene rings is 1. The molecule has 0 saturated heterocycles. The first-order valence-electron chi connectivity index (χ1n) is 4.51. The number of aliphatic hydroxyl groups is 1. The number of rotatable bonds is 3. The summed E-state index contributed by atoms with van der Waals surface area (Å²) < 4.78 is 37.4. The molecule has 0 fully saturated rings. The maximum atomic E-state index is 12.5. The van der Waals surface area contributed by atoms with Gasteiger partial charge in [0.05, 0.1) is 0 Å². The molecule has 0 amide bonds. The molecule has 0 saturated carbocycles. The Morgan fingerprint density at radius 2 is 1.75 bits per heavy atom. The van der Waals surface area contributed by atoms with Gasteiger partial charge in [-0.1, -0.05) is 30.3 Å². The summed E-state index contributed by atoms with van der Waals surface area (Å²) in [4.78, 5) is 0. The molecule has 0 bridgehead atoms. The lowest BCUT2D eigenvalue weighted by Gasteiger charge is -2.28. The second kappa shape index (κ2) is 5.19. The molecule has 16 heavy (non-hydrogen) atoms. The maximum absolute atomic E-state index is 12.5. The van der Waals surface area contributed by atoms with Crippen LogP contribution in [0.3, 0.4) is 0 Å². The number of alkyl halides is 3. The molecule has 1 aromatic rings. The Kier molecular flexibility index (Phi) is 4.60. The first-order valence-corrected chi connectivity index (χ1v) is 8.83. The Morgan fingerprint density at radius 1 is 1.25 bits per heavy atom. The topological polar surface area (TPSA) is 20.2 Å². The highest BCUT2D eigenvalue weighted by Gasteiger charge is 2.50. The highest BCUT2D eigenvalue weighted by molar-refractivity contribution is 14.2. The van der Waals surface area contributed by atoms with Gasteiger partial charge in [-0.05, 0) is 39.8 Å². The lowest BCUT2D eigenvalue weighted by Crippen LogP contribution is -2.45. The SMILES string of the molecule is CC(O)(CP(I)c1ccccc1)C(F)(F)F. The molecule has 1 N–H and O–H groups in total. The highest BCUT2D eigenvalue weighted by atomic mass is 127. The van der Waals surface area contributed by atoms with Crippen LogP contribution in [0.2, 0.25) is 0 Å². The molecule has 1 aromatic carbocycles. The molecule has 0 radical (unpaired) electrons. The number of halogens is 4. The summed E-state index contributed by atoms with van der Waals surface area (Å²) in [5, 5.41) is 10.2. The second-order valence-corrected chi connectivity index (χ2v) is 8.68. The van der Waals surface area contributed by atoms with E-state index in [-0.39, 0.29) is 6.16 Å².